The number of rotatable bonds is 5. The average molecular weight is 302 g/mol. The Morgan fingerprint density at radius 1 is 1.50 bits per heavy atom. The van der Waals surface area contributed by atoms with Crippen LogP contribution in [0.25, 0.3) is 11.3 Å². The molecule has 22 heavy (non-hydrogen) atoms. The minimum absolute atomic E-state index is 0.0276. The summed E-state index contributed by atoms with van der Waals surface area (Å²) in [6, 6.07) is 3.29. The van der Waals surface area contributed by atoms with E-state index >= 15 is 0 Å². The molecule has 0 bridgehead atoms. The number of furan rings is 1. The van der Waals surface area contributed by atoms with Crippen LogP contribution >= 0.6 is 0 Å². The van der Waals surface area contributed by atoms with E-state index in [0.29, 0.717) is 18.0 Å². The van der Waals surface area contributed by atoms with Crippen molar-refractivity contribution < 1.29 is 9.21 Å². The maximum Gasteiger partial charge on any atom is 0.290 e. The summed E-state index contributed by atoms with van der Waals surface area (Å²) in [7, 11) is 0. The van der Waals surface area contributed by atoms with E-state index < -0.39 is 5.56 Å². The molecule has 1 amide bonds. The largest absolute Gasteiger partial charge is 0.466 e. The van der Waals surface area contributed by atoms with Crippen LogP contribution in [0.15, 0.2) is 34.0 Å². The molecule has 0 aliphatic rings. The second kappa shape index (κ2) is 6.30. The summed E-state index contributed by atoms with van der Waals surface area (Å²) in [5.74, 6) is 1.06. The fourth-order valence-corrected chi connectivity index (χ4v) is 2.06. The van der Waals surface area contributed by atoms with Gasteiger partial charge in [-0.25, -0.2) is 4.68 Å². The molecule has 3 N–H and O–H groups in total. The highest BCUT2D eigenvalue weighted by Crippen LogP contribution is 2.24. The number of amides is 1. The number of nitrogens with one attached hydrogen (secondary N) is 1. The number of nitrogen functional groups attached to an aromatic ring is 1. The Bertz CT molecular complexity index is 774. The highest BCUT2D eigenvalue weighted by molar-refractivity contribution is 5.76. The summed E-state index contributed by atoms with van der Waals surface area (Å²) in [6.45, 7) is 7.24. The molecule has 0 atom stereocenters. The van der Waals surface area contributed by atoms with E-state index in [2.05, 4.69) is 17.0 Å². The fourth-order valence-electron chi connectivity index (χ4n) is 2.06. The highest BCUT2D eigenvalue weighted by atomic mass is 16.3. The second-order valence-corrected chi connectivity index (χ2v) is 4.87. The van der Waals surface area contributed by atoms with Gasteiger partial charge in [0.05, 0.1) is 5.69 Å². The Morgan fingerprint density at radius 2 is 2.23 bits per heavy atom. The Morgan fingerprint density at radius 3 is 2.82 bits per heavy atom. The summed E-state index contributed by atoms with van der Waals surface area (Å²) in [4.78, 5) is 23.7. The number of aryl methyl sites for hydroxylation is 2. The first-order valence-corrected chi connectivity index (χ1v) is 6.75. The third kappa shape index (κ3) is 3.25. The number of aromatic nitrogens is 2. The van der Waals surface area contributed by atoms with Crippen molar-refractivity contribution in [3.63, 3.8) is 0 Å². The zero-order valence-electron chi connectivity index (χ0n) is 12.5. The monoisotopic (exact) mass is 302 g/mol. The van der Waals surface area contributed by atoms with Crippen molar-refractivity contribution in [1.82, 2.24) is 15.1 Å². The van der Waals surface area contributed by atoms with Gasteiger partial charge in [-0.15, -0.1) is 6.58 Å². The molecule has 0 spiro atoms. The third-order valence-electron chi connectivity index (χ3n) is 3.06. The van der Waals surface area contributed by atoms with Crippen LogP contribution in [0.1, 0.15) is 11.5 Å². The normalized spacial score (nSPS) is 10.5. The van der Waals surface area contributed by atoms with Gasteiger partial charge in [-0.2, -0.15) is 5.10 Å². The zero-order chi connectivity index (χ0) is 16.3. The number of nitrogens with zero attached hydrogens (tertiary/aromatic N) is 2. The molecule has 2 rings (SSSR count). The molecule has 0 saturated heterocycles. The molecule has 2 heterocycles. The van der Waals surface area contributed by atoms with Gasteiger partial charge in [-0.3, -0.25) is 9.59 Å². The molecular formula is C15H18N4O3. The predicted molar refractivity (Wildman–Crippen MR) is 83.3 cm³/mol. The second-order valence-electron chi connectivity index (χ2n) is 4.87. The van der Waals surface area contributed by atoms with Crippen molar-refractivity contribution in [2.24, 2.45) is 0 Å². The van der Waals surface area contributed by atoms with E-state index in [1.165, 1.54) is 6.07 Å². The summed E-state index contributed by atoms with van der Waals surface area (Å²) in [5.41, 5.74) is 6.49. The molecule has 0 saturated carbocycles. The van der Waals surface area contributed by atoms with Crippen LogP contribution in [0.5, 0.6) is 0 Å². The van der Waals surface area contributed by atoms with Gasteiger partial charge in [0.15, 0.2) is 0 Å². The Labute approximate surface area is 127 Å². The van der Waals surface area contributed by atoms with Crippen LogP contribution in [0.3, 0.4) is 0 Å². The van der Waals surface area contributed by atoms with Crippen molar-refractivity contribution in [3.8, 4) is 11.3 Å². The number of anilines is 1. The van der Waals surface area contributed by atoms with Crippen LogP contribution in [0.2, 0.25) is 0 Å². The Hall–Kier alpha value is -2.83. The molecule has 0 aliphatic carbocycles. The molecule has 7 nitrogen and oxygen atoms in total. The molecule has 2 aromatic heterocycles. The Kier molecular flexibility index (Phi) is 4.45. The van der Waals surface area contributed by atoms with Gasteiger partial charge in [0.1, 0.15) is 23.8 Å². The van der Waals surface area contributed by atoms with E-state index in [0.717, 1.165) is 16.0 Å². The van der Waals surface area contributed by atoms with E-state index in [4.69, 9.17) is 10.2 Å². The van der Waals surface area contributed by atoms with Crippen molar-refractivity contribution >= 4 is 11.6 Å². The van der Waals surface area contributed by atoms with Crippen LogP contribution in [-0.4, -0.2) is 22.2 Å². The molecule has 0 aromatic carbocycles. The minimum Gasteiger partial charge on any atom is -0.466 e. The fraction of sp³-hybridized carbons (Fsp3) is 0.267. The average Bonchev–Trinajstić information content (AvgIpc) is 2.80. The number of hydrogen-bond donors (Lipinski definition) is 2. The summed E-state index contributed by atoms with van der Waals surface area (Å²) >= 11 is 0. The number of carbonyl (C=O) groups is 1. The molecule has 116 valence electrons. The SMILES string of the molecule is C=CCNC(=O)Cn1nc(-c2cc(C)oc2C)cc(N)c1=O. The maximum atomic E-state index is 12.0. The van der Waals surface area contributed by atoms with Gasteiger partial charge >= 0.3 is 0 Å². The highest BCUT2D eigenvalue weighted by Gasteiger charge is 2.14. The van der Waals surface area contributed by atoms with Gasteiger partial charge in [-0.05, 0) is 26.0 Å². The number of carbonyl (C=O) groups excluding carboxylic acids is 1. The van der Waals surface area contributed by atoms with Crippen LogP contribution < -0.4 is 16.6 Å². The molecular weight excluding hydrogens is 284 g/mol. The van der Waals surface area contributed by atoms with Crippen LogP contribution in [-0.2, 0) is 11.3 Å². The van der Waals surface area contributed by atoms with Crippen LogP contribution in [0, 0.1) is 13.8 Å². The molecule has 7 heteroatoms. The zero-order valence-corrected chi connectivity index (χ0v) is 12.5. The third-order valence-corrected chi connectivity index (χ3v) is 3.06. The molecule has 2 aromatic rings. The minimum atomic E-state index is -0.504. The lowest BCUT2D eigenvalue weighted by Gasteiger charge is -2.08. The van der Waals surface area contributed by atoms with E-state index in [-0.39, 0.29) is 18.1 Å². The smallest absolute Gasteiger partial charge is 0.290 e. The van der Waals surface area contributed by atoms with Gasteiger partial charge in [0.2, 0.25) is 5.91 Å². The maximum absolute atomic E-state index is 12.0. The molecule has 0 unspecified atom stereocenters. The quantitative estimate of drug-likeness (QED) is 0.802. The lowest BCUT2D eigenvalue weighted by atomic mass is 10.1. The molecule has 0 fully saturated rings. The van der Waals surface area contributed by atoms with Crippen molar-refractivity contribution in [3.05, 3.63) is 46.7 Å². The number of hydrogen-bond acceptors (Lipinski definition) is 5. The standard InChI is InChI=1S/C15H18N4O3/c1-4-5-17-14(20)8-19-15(21)12(16)7-13(18-19)11-6-9(2)22-10(11)3/h4,6-7H,1,5,8,16H2,2-3H3,(H,17,20). The lowest BCUT2D eigenvalue weighted by molar-refractivity contribution is -0.121. The predicted octanol–water partition coefficient (Wildman–Crippen LogP) is 1.00. The van der Waals surface area contributed by atoms with E-state index in [9.17, 15) is 9.59 Å². The van der Waals surface area contributed by atoms with Crippen molar-refractivity contribution in [1.29, 1.82) is 0 Å². The topological polar surface area (TPSA) is 103 Å². The van der Waals surface area contributed by atoms with Gasteiger partial charge in [-0.1, -0.05) is 6.08 Å². The van der Waals surface area contributed by atoms with E-state index in [1.54, 1.807) is 13.0 Å². The summed E-state index contributed by atoms with van der Waals surface area (Å²) in [5, 5.41) is 6.79. The summed E-state index contributed by atoms with van der Waals surface area (Å²) < 4.78 is 6.50. The van der Waals surface area contributed by atoms with Gasteiger partial charge in [0, 0.05) is 12.1 Å². The first-order chi connectivity index (χ1) is 10.4. The van der Waals surface area contributed by atoms with Crippen molar-refractivity contribution in [2.45, 2.75) is 20.4 Å². The summed E-state index contributed by atoms with van der Waals surface area (Å²) in [6.07, 6.45) is 1.55. The molecule has 0 aliphatic heterocycles. The van der Waals surface area contributed by atoms with E-state index in [1.807, 2.05) is 13.0 Å². The van der Waals surface area contributed by atoms with Gasteiger partial charge in [0.25, 0.3) is 5.56 Å². The molecule has 0 radical (unpaired) electrons. The Balaban J connectivity index is 2.39. The van der Waals surface area contributed by atoms with Crippen LogP contribution in [0.4, 0.5) is 5.69 Å². The number of nitrogens with two attached hydrogens (primary N) is 1. The lowest BCUT2D eigenvalue weighted by Crippen LogP contribution is -2.34. The van der Waals surface area contributed by atoms with Gasteiger partial charge < -0.3 is 15.5 Å². The van der Waals surface area contributed by atoms with Crippen molar-refractivity contribution in [2.75, 3.05) is 12.3 Å². The first-order valence-electron chi connectivity index (χ1n) is 6.75. The first kappa shape index (κ1) is 15.6.